The molecule has 0 aromatic heterocycles. The maximum Gasteiger partial charge on any atom is 0.239 e. The second kappa shape index (κ2) is 17.5. The van der Waals surface area contributed by atoms with Crippen LogP contribution in [0, 0.1) is 0 Å². The standard InChI is InChI=1S/C18H39N7O2/c1-15(19)9-13-22-10-6-7-11-23-17(27)14-25-16(26)8-4-2-3-5-12-24-18(20)21/h15,22H,2-14,19H2,1H3,(H,23,27)(H,25,26)(H4,20,21,24). The minimum absolute atomic E-state index is 0.0377. The molecule has 0 aromatic carbocycles. The van der Waals surface area contributed by atoms with E-state index in [4.69, 9.17) is 17.2 Å². The Morgan fingerprint density at radius 3 is 2.30 bits per heavy atom. The van der Waals surface area contributed by atoms with Crippen molar-refractivity contribution in [2.24, 2.45) is 22.2 Å². The Morgan fingerprint density at radius 1 is 0.889 bits per heavy atom. The van der Waals surface area contributed by atoms with Crippen LogP contribution in [0.25, 0.3) is 0 Å². The van der Waals surface area contributed by atoms with Crippen LogP contribution >= 0.6 is 0 Å². The molecule has 2 amide bonds. The van der Waals surface area contributed by atoms with E-state index in [-0.39, 0.29) is 30.4 Å². The van der Waals surface area contributed by atoms with E-state index in [1.807, 2.05) is 6.92 Å². The molecule has 0 fully saturated rings. The van der Waals surface area contributed by atoms with Crippen LogP contribution in [0.3, 0.4) is 0 Å². The highest BCUT2D eigenvalue weighted by molar-refractivity contribution is 5.84. The Kier molecular flexibility index (Phi) is 16.3. The van der Waals surface area contributed by atoms with Gasteiger partial charge in [-0.25, -0.2) is 0 Å². The Hall–Kier alpha value is -1.87. The molecule has 0 aliphatic rings. The van der Waals surface area contributed by atoms with Crippen molar-refractivity contribution in [2.75, 3.05) is 32.7 Å². The highest BCUT2D eigenvalue weighted by atomic mass is 16.2. The van der Waals surface area contributed by atoms with Crippen molar-refractivity contribution in [2.45, 2.75) is 64.3 Å². The molecule has 0 bridgehead atoms. The lowest BCUT2D eigenvalue weighted by Crippen LogP contribution is -2.37. The van der Waals surface area contributed by atoms with Gasteiger partial charge in [-0.05, 0) is 52.1 Å². The number of nitrogens with one attached hydrogen (secondary N) is 3. The zero-order chi connectivity index (χ0) is 20.3. The van der Waals surface area contributed by atoms with Gasteiger partial charge in [0.1, 0.15) is 0 Å². The molecule has 0 aliphatic carbocycles. The third-order valence-electron chi connectivity index (χ3n) is 3.93. The van der Waals surface area contributed by atoms with Gasteiger partial charge in [-0.2, -0.15) is 0 Å². The van der Waals surface area contributed by atoms with E-state index < -0.39 is 0 Å². The molecule has 0 heterocycles. The highest BCUT2D eigenvalue weighted by Gasteiger charge is 2.05. The largest absolute Gasteiger partial charge is 0.370 e. The third-order valence-corrected chi connectivity index (χ3v) is 3.93. The van der Waals surface area contributed by atoms with Gasteiger partial charge in [0.05, 0.1) is 6.54 Å². The lowest BCUT2D eigenvalue weighted by Gasteiger charge is -2.08. The molecule has 0 rings (SSSR count). The van der Waals surface area contributed by atoms with E-state index in [9.17, 15) is 9.59 Å². The van der Waals surface area contributed by atoms with E-state index in [0.29, 0.717) is 19.5 Å². The summed E-state index contributed by atoms with van der Waals surface area (Å²) in [7, 11) is 0. The van der Waals surface area contributed by atoms with Crippen molar-refractivity contribution in [3.8, 4) is 0 Å². The molecule has 9 nitrogen and oxygen atoms in total. The number of amides is 2. The Morgan fingerprint density at radius 2 is 1.59 bits per heavy atom. The fraction of sp³-hybridized carbons (Fsp3) is 0.833. The van der Waals surface area contributed by atoms with Gasteiger partial charge in [0.15, 0.2) is 5.96 Å². The van der Waals surface area contributed by atoms with Gasteiger partial charge in [0.25, 0.3) is 0 Å². The normalized spacial score (nSPS) is 11.6. The van der Waals surface area contributed by atoms with Gasteiger partial charge in [0.2, 0.25) is 11.8 Å². The minimum Gasteiger partial charge on any atom is -0.370 e. The average Bonchev–Trinajstić information content (AvgIpc) is 2.60. The molecule has 0 saturated carbocycles. The van der Waals surface area contributed by atoms with Crippen LogP contribution in [0.2, 0.25) is 0 Å². The van der Waals surface area contributed by atoms with E-state index in [1.54, 1.807) is 0 Å². The fourth-order valence-electron chi connectivity index (χ4n) is 2.35. The zero-order valence-electron chi connectivity index (χ0n) is 16.8. The summed E-state index contributed by atoms with van der Waals surface area (Å²) >= 11 is 0. The van der Waals surface area contributed by atoms with Crippen molar-refractivity contribution in [1.29, 1.82) is 0 Å². The van der Waals surface area contributed by atoms with Crippen LogP contribution in [-0.4, -0.2) is 56.5 Å². The first kappa shape index (κ1) is 25.1. The van der Waals surface area contributed by atoms with Crippen molar-refractivity contribution in [3.63, 3.8) is 0 Å². The van der Waals surface area contributed by atoms with Crippen molar-refractivity contribution < 1.29 is 9.59 Å². The SMILES string of the molecule is CC(N)CCNCCCCNC(=O)CNC(=O)CCCCCCN=C(N)N. The number of guanidine groups is 1. The summed E-state index contributed by atoms with van der Waals surface area (Å²) in [5, 5.41) is 8.78. The number of aliphatic imine (C=N–C) groups is 1. The van der Waals surface area contributed by atoms with E-state index in [2.05, 4.69) is 20.9 Å². The maximum absolute atomic E-state index is 11.7. The van der Waals surface area contributed by atoms with Gasteiger partial charge in [0, 0.05) is 25.6 Å². The molecule has 158 valence electrons. The third kappa shape index (κ3) is 20.3. The fourth-order valence-corrected chi connectivity index (χ4v) is 2.35. The summed E-state index contributed by atoms with van der Waals surface area (Å²) < 4.78 is 0. The number of rotatable bonds is 17. The molecule has 0 spiro atoms. The molecule has 0 saturated heterocycles. The molecule has 0 aliphatic heterocycles. The summed E-state index contributed by atoms with van der Waals surface area (Å²) in [5.41, 5.74) is 16.1. The van der Waals surface area contributed by atoms with Crippen LogP contribution in [-0.2, 0) is 9.59 Å². The lowest BCUT2D eigenvalue weighted by molar-refractivity contribution is -0.126. The predicted octanol–water partition coefficient (Wildman–Crippen LogP) is -0.450. The number of unbranched alkanes of at least 4 members (excludes halogenated alkanes) is 4. The molecule has 0 radical (unpaired) electrons. The molecule has 1 unspecified atom stereocenters. The van der Waals surface area contributed by atoms with Crippen molar-refractivity contribution >= 4 is 17.8 Å². The highest BCUT2D eigenvalue weighted by Crippen LogP contribution is 2.03. The average molecular weight is 386 g/mol. The van der Waals surface area contributed by atoms with Crippen molar-refractivity contribution in [1.82, 2.24) is 16.0 Å². The first-order valence-electron chi connectivity index (χ1n) is 9.97. The second-order valence-corrected chi connectivity index (χ2v) is 6.82. The number of nitrogens with zero attached hydrogens (tertiary/aromatic N) is 1. The summed E-state index contributed by atoms with van der Waals surface area (Å²) in [6.07, 6.45) is 6.92. The van der Waals surface area contributed by atoms with E-state index in [0.717, 1.165) is 58.0 Å². The van der Waals surface area contributed by atoms with Gasteiger partial charge in [-0.1, -0.05) is 12.8 Å². The lowest BCUT2D eigenvalue weighted by atomic mass is 10.1. The van der Waals surface area contributed by atoms with Crippen LogP contribution in [0.1, 0.15) is 58.3 Å². The van der Waals surface area contributed by atoms with E-state index in [1.165, 1.54) is 0 Å². The first-order valence-corrected chi connectivity index (χ1v) is 9.97. The Labute approximate surface area is 163 Å². The smallest absolute Gasteiger partial charge is 0.239 e. The van der Waals surface area contributed by atoms with Crippen LogP contribution in [0.4, 0.5) is 0 Å². The summed E-state index contributed by atoms with van der Waals surface area (Å²) in [6.45, 7) is 5.12. The molecule has 9 heteroatoms. The quantitative estimate of drug-likeness (QED) is 0.113. The second-order valence-electron chi connectivity index (χ2n) is 6.82. The molecular weight excluding hydrogens is 346 g/mol. The first-order chi connectivity index (χ1) is 12.9. The summed E-state index contributed by atoms with van der Waals surface area (Å²) in [4.78, 5) is 27.3. The number of nitrogens with two attached hydrogens (primary N) is 3. The number of carbonyl (C=O) groups is 2. The number of hydrogen-bond acceptors (Lipinski definition) is 5. The number of carbonyl (C=O) groups excluding carboxylic acids is 2. The zero-order valence-corrected chi connectivity index (χ0v) is 16.8. The Bertz CT molecular complexity index is 424. The minimum atomic E-state index is -0.148. The summed E-state index contributed by atoms with van der Waals surface area (Å²) in [6, 6.07) is 0.225. The van der Waals surface area contributed by atoms with Crippen LogP contribution < -0.4 is 33.2 Å². The van der Waals surface area contributed by atoms with E-state index >= 15 is 0 Å². The monoisotopic (exact) mass is 385 g/mol. The Balaban J connectivity index is 3.40. The van der Waals surface area contributed by atoms with Crippen molar-refractivity contribution in [3.05, 3.63) is 0 Å². The maximum atomic E-state index is 11.7. The summed E-state index contributed by atoms with van der Waals surface area (Å²) in [5.74, 6) is -0.125. The molecule has 0 aromatic rings. The van der Waals surface area contributed by atoms with Crippen LogP contribution in [0.5, 0.6) is 0 Å². The van der Waals surface area contributed by atoms with Gasteiger partial charge in [-0.3, -0.25) is 14.6 Å². The number of hydrogen-bond donors (Lipinski definition) is 6. The molecule has 9 N–H and O–H groups in total. The van der Waals surface area contributed by atoms with Gasteiger partial charge in [-0.15, -0.1) is 0 Å². The molecule has 27 heavy (non-hydrogen) atoms. The molecule has 1 atom stereocenters. The predicted molar refractivity (Wildman–Crippen MR) is 110 cm³/mol. The molecular formula is C18H39N7O2. The van der Waals surface area contributed by atoms with Gasteiger partial charge < -0.3 is 33.2 Å². The van der Waals surface area contributed by atoms with Crippen LogP contribution in [0.15, 0.2) is 4.99 Å². The van der Waals surface area contributed by atoms with Gasteiger partial charge >= 0.3 is 0 Å². The topological polar surface area (TPSA) is 161 Å².